The molecular formula is C14H18N4O3. The summed E-state index contributed by atoms with van der Waals surface area (Å²) in [5, 5.41) is 11.0. The third kappa shape index (κ3) is 6.40. The van der Waals surface area contributed by atoms with E-state index in [0.717, 1.165) is 0 Å². The number of benzene rings is 1. The van der Waals surface area contributed by atoms with Crippen LogP contribution in [0.25, 0.3) is 0 Å². The standard InChI is InChI=1S/C14H18N4O3/c15-6-1-2-7-21-11-5-3-4-10(8-11)18-14(20)12(16)9-13(17)19/h3-5,8,12H,1-2,7,9,16H2,(H2,17,19)(H,18,20). The molecule has 0 bridgehead atoms. The number of primary amides is 1. The molecule has 7 heteroatoms. The van der Waals surface area contributed by atoms with Crippen molar-refractivity contribution in [3.05, 3.63) is 24.3 Å². The fraction of sp³-hybridized carbons (Fsp3) is 0.357. The van der Waals surface area contributed by atoms with Crippen molar-refractivity contribution in [2.24, 2.45) is 11.5 Å². The fourth-order valence-electron chi connectivity index (χ4n) is 1.55. The maximum atomic E-state index is 11.7. The highest BCUT2D eigenvalue weighted by molar-refractivity contribution is 5.97. The number of ether oxygens (including phenoxy) is 1. The number of hydrogen-bond acceptors (Lipinski definition) is 5. The lowest BCUT2D eigenvalue weighted by Crippen LogP contribution is -2.38. The molecule has 0 spiro atoms. The maximum Gasteiger partial charge on any atom is 0.241 e. The monoisotopic (exact) mass is 290 g/mol. The quantitative estimate of drug-likeness (QED) is 0.600. The first-order valence-corrected chi connectivity index (χ1v) is 6.47. The molecule has 0 radical (unpaired) electrons. The highest BCUT2D eigenvalue weighted by Crippen LogP contribution is 2.17. The highest BCUT2D eigenvalue weighted by Gasteiger charge is 2.16. The van der Waals surface area contributed by atoms with E-state index < -0.39 is 17.9 Å². The number of nitrogens with two attached hydrogens (primary N) is 2. The van der Waals surface area contributed by atoms with Crippen molar-refractivity contribution in [1.29, 1.82) is 5.26 Å². The lowest BCUT2D eigenvalue weighted by molar-refractivity contribution is -0.123. The summed E-state index contributed by atoms with van der Waals surface area (Å²) < 4.78 is 5.45. The Balaban J connectivity index is 2.54. The van der Waals surface area contributed by atoms with Gasteiger partial charge in [-0.05, 0) is 18.6 Å². The molecule has 0 aromatic heterocycles. The second-order valence-corrected chi connectivity index (χ2v) is 4.40. The Kier molecular flexibility index (Phi) is 6.71. The molecule has 0 aliphatic rings. The van der Waals surface area contributed by atoms with Crippen LogP contribution in [0.3, 0.4) is 0 Å². The van der Waals surface area contributed by atoms with E-state index in [1.165, 1.54) is 0 Å². The fourth-order valence-corrected chi connectivity index (χ4v) is 1.55. The molecule has 1 unspecified atom stereocenters. The molecular weight excluding hydrogens is 272 g/mol. The Labute approximate surface area is 122 Å². The van der Waals surface area contributed by atoms with Gasteiger partial charge in [-0.1, -0.05) is 6.07 Å². The first kappa shape index (κ1) is 16.5. The van der Waals surface area contributed by atoms with E-state index >= 15 is 0 Å². The molecule has 0 aliphatic heterocycles. The van der Waals surface area contributed by atoms with Crippen LogP contribution in [0.2, 0.25) is 0 Å². The van der Waals surface area contributed by atoms with E-state index in [-0.39, 0.29) is 6.42 Å². The van der Waals surface area contributed by atoms with Gasteiger partial charge in [0, 0.05) is 18.2 Å². The number of nitrogens with zero attached hydrogens (tertiary/aromatic N) is 1. The topological polar surface area (TPSA) is 131 Å². The third-order valence-corrected chi connectivity index (χ3v) is 2.56. The number of hydrogen-bond donors (Lipinski definition) is 3. The van der Waals surface area contributed by atoms with E-state index in [2.05, 4.69) is 5.32 Å². The maximum absolute atomic E-state index is 11.7. The van der Waals surface area contributed by atoms with Gasteiger partial charge in [-0.2, -0.15) is 5.26 Å². The molecule has 0 aliphatic carbocycles. The Hall–Kier alpha value is -2.59. The zero-order valence-electron chi connectivity index (χ0n) is 11.5. The van der Waals surface area contributed by atoms with E-state index in [0.29, 0.717) is 30.9 Å². The van der Waals surface area contributed by atoms with Crippen LogP contribution in [0.4, 0.5) is 5.69 Å². The number of nitrogens with one attached hydrogen (secondary N) is 1. The predicted octanol–water partition coefficient (Wildman–Crippen LogP) is 0.510. The summed E-state index contributed by atoms with van der Waals surface area (Å²) in [6, 6.07) is 7.82. The number of carbonyl (C=O) groups excluding carboxylic acids is 2. The summed E-state index contributed by atoms with van der Waals surface area (Å²) in [5.74, 6) is -0.545. The summed E-state index contributed by atoms with van der Waals surface area (Å²) in [6.45, 7) is 0.423. The van der Waals surface area contributed by atoms with Gasteiger partial charge < -0.3 is 21.5 Å². The second-order valence-electron chi connectivity index (χ2n) is 4.40. The van der Waals surface area contributed by atoms with Gasteiger partial charge in [0.25, 0.3) is 0 Å². The van der Waals surface area contributed by atoms with Crippen LogP contribution >= 0.6 is 0 Å². The third-order valence-electron chi connectivity index (χ3n) is 2.56. The minimum absolute atomic E-state index is 0.212. The van der Waals surface area contributed by atoms with Gasteiger partial charge in [0.2, 0.25) is 11.8 Å². The van der Waals surface area contributed by atoms with E-state index in [1.54, 1.807) is 24.3 Å². The summed E-state index contributed by atoms with van der Waals surface area (Å²) in [4.78, 5) is 22.4. The second kappa shape index (κ2) is 8.55. The summed E-state index contributed by atoms with van der Waals surface area (Å²) in [7, 11) is 0. The SMILES string of the molecule is N#CCCCOc1cccc(NC(=O)C(N)CC(N)=O)c1. The number of nitriles is 1. The van der Waals surface area contributed by atoms with Crippen LogP contribution in [0, 0.1) is 11.3 Å². The number of rotatable bonds is 8. The Morgan fingerprint density at radius 3 is 2.86 bits per heavy atom. The number of carbonyl (C=O) groups is 2. The lowest BCUT2D eigenvalue weighted by atomic mass is 10.2. The van der Waals surface area contributed by atoms with Gasteiger partial charge >= 0.3 is 0 Å². The van der Waals surface area contributed by atoms with Crippen molar-refractivity contribution in [3.63, 3.8) is 0 Å². The first-order valence-electron chi connectivity index (χ1n) is 6.47. The van der Waals surface area contributed by atoms with Gasteiger partial charge in [-0.3, -0.25) is 9.59 Å². The van der Waals surface area contributed by atoms with Crippen LogP contribution in [-0.2, 0) is 9.59 Å². The van der Waals surface area contributed by atoms with Crippen molar-refractivity contribution in [1.82, 2.24) is 0 Å². The number of unbranched alkanes of at least 4 members (excludes halogenated alkanes) is 1. The highest BCUT2D eigenvalue weighted by atomic mass is 16.5. The van der Waals surface area contributed by atoms with E-state index in [1.807, 2.05) is 6.07 Å². The minimum atomic E-state index is -0.984. The van der Waals surface area contributed by atoms with Gasteiger partial charge in [0.1, 0.15) is 5.75 Å². The van der Waals surface area contributed by atoms with Crippen molar-refractivity contribution in [2.75, 3.05) is 11.9 Å². The van der Waals surface area contributed by atoms with Crippen LogP contribution < -0.4 is 21.5 Å². The number of amides is 2. The van der Waals surface area contributed by atoms with Crippen molar-refractivity contribution in [2.45, 2.75) is 25.3 Å². The molecule has 21 heavy (non-hydrogen) atoms. The smallest absolute Gasteiger partial charge is 0.241 e. The summed E-state index contributed by atoms with van der Waals surface area (Å²) >= 11 is 0. The average Bonchev–Trinajstić information content (AvgIpc) is 2.43. The van der Waals surface area contributed by atoms with Gasteiger partial charge in [-0.15, -0.1) is 0 Å². The molecule has 1 aromatic carbocycles. The van der Waals surface area contributed by atoms with Gasteiger partial charge in [-0.25, -0.2) is 0 Å². The molecule has 112 valence electrons. The molecule has 5 N–H and O–H groups in total. The minimum Gasteiger partial charge on any atom is -0.493 e. The lowest BCUT2D eigenvalue weighted by Gasteiger charge is -2.12. The Bertz CT molecular complexity index is 539. The van der Waals surface area contributed by atoms with E-state index in [4.69, 9.17) is 21.5 Å². The zero-order chi connectivity index (χ0) is 15.7. The molecule has 2 amide bonds. The summed E-state index contributed by atoms with van der Waals surface area (Å²) in [5.41, 5.74) is 11.0. The molecule has 0 saturated carbocycles. The van der Waals surface area contributed by atoms with Gasteiger partial charge in [0.15, 0.2) is 0 Å². The van der Waals surface area contributed by atoms with Crippen molar-refractivity contribution >= 4 is 17.5 Å². The molecule has 1 aromatic rings. The van der Waals surface area contributed by atoms with Crippen molar-refractivity contribution in [3.8, 4) is 11.8 Å². The summed E-state index contributed by atoms with van der Waals surface area (Å²) in [6.07, 6.45) is 0.852. The van der Waals surface area contributed by atoms with E-state index in [9.17, 15) is 9.59 Å². The first-order chi connectivity index (χ1) is 10.0. The molecule has 0 saturated heterocycles. The molecule has 0 fully saturated rings. The molecule has 1 rings (SSSR count). The van der Waals surface area contributed by atoms with Crippen molar-refractivity contribution < 1.29 is 14.3 Å². The van der Waals surface area contributed by atoms with Gasteiger partial charge in [0.05, 0.1) is 25.1 Å². The van der Waals surface area contributed by atoms with Crippen LogP contribution in [0.15, 0.2) is 24.3 Å². The Morgan fingerprint density at radius 2 is 2.19 bits per heavy atom. The Morgan fingerprint density at radius 1 is 1.43 bits per heavy atom. The zero-order valence-corrected chi connectivity index (χ0v) is 11.5. The molecule has 7 nitrogen and oxygen atoms in total. The molecule has 1 atom stereocenters. The normalized spacial score (nSPS) is 11.2. The van der Waals surface area contributed by atoms with Crippen LogP contribution in [0.5, 0.6) is 5.75 Å². The molecule has 0 heterocycles. The largest absolute Gasteiger partial charge is 0.493 e. The predicted molar refractivity (Wildman–Crippen MR) is 77.2 cm³/mol. The number of anilines is 1. The average molecular weight is 290 g/mol. The van der Waals surface area contributed by atoms with Crippen LogP contribution in [0.1, 0.15) is 19.3 Å². The van der Waals surface area contributed by atoms with Crippen LogP contribution in [-0.4, -0.2) is 24.5 Å².